The number of halogens is 1. The van der Waals surface area contributed by atoms with Crippen LogP contribution < -0.4 is 14.8 Å². The Balaban J connectivity index is 1.68. The van der Waals surface area contributed by atoms with E-state index in [9.17, 15) is 22.4 Å². The summed E-state index contributed by atoms with van der Waals surface area (Å²) in [5.41, 5.74) is 1.99. The molecule has 0 spiro atoms. The average Bonchev–Trinajstić information content (AvgIpc) is 2.78. The molecule has 0 saturated carbocycles. The Morgan fingerprint density at radius 2 is 1.61 bits per heavy atom. The number of Topliss-reactive ketones (excluding diaryl/α,β-unsaturated/α-hetero) is 1. The van der Waals surface area contributed by atoms with E-state index in [0.717, 1.165) is 29.8 Å². The van der Waals surface area contributed by atoms with Gasteiger partial charge < -0.3 is 10.1 Å². The van der Waals surface area contributed by atoms with Crippen LogP contribution in [0, 0.1) is 12.7 Å². The summed E-state index contributed by atoms with van der Waals surface area (Å²) in [6.45, 7) is 1.92. The number of benzene rings is 3. The number of nitrogens with one attached hydrogen (secondary N) is 2. The van der Waals surface area contributed by atoms with Crippen LogP contribution in [0.1, 0.15) is 28.8 Å². The summed E-state index contributed by atoms with van der Waals surface area (Å²) < 4.78 is 46.0. The zero-order chi connectivity index (χ0) is 24.0. The maximum Gasteiger partial charge on any atom is 0.262 e. The molecule has 0 unspecified atom stereocenters. The lowest BCUT2D eigenvalue weighted by Crippen LogP contribution is -2.15. The fraction of sp³-hybridized carbons (Fsp3) is 0.167. The molecular formula is C24H23FN2O5S. The Bertz CT molecular complexity index is 1260. The molecule has 0 heterocycles. The van der Waals surface area contributed by atoms with Crippen molar-refractivity contribution in [2.75, 3.05) is 17.1 Å². The van der Waals surface area contributed by atoms with Gasteiger partial charge in [0.25, 0.3) is 10.0 Å². The molecule has 0 aromatic heterocycles. The second-order valence-corrected chi connectivity index (χ2v) is 8.99. The molecule has 2 N–H and O–H groups in total. The predicted octanol–water partition coefficient (Wildman–Crippen LogP) is 4.55. The number of carbonyl (C=O) groups is 2. The highest BCUT2D eigenvalue weighted by atomic mass is 32.2. The topological polar surface area (TPSA) is 102 Å². The summed E-state index contributed by atoms with van der Waals surface area (Å²) in [6, 6.07) is 15.9. The lowest BCUT2D eigenvalue weighted by molar-refractivity contribution is -0.116. The van der Waals surface area contributed by atoms with Gasteiger partial charge in [0.1, 0.15) is 11.6 Å². The Labute approximate surface area is 191 Å². The zero-order valence-corrected chi connectivity index (χ0v) is 18.9. The number of aryl methyl sites for hydroxylation is 1. The van der Waals surface area contributed by atoms with Crippen molar-refractivity contribution in [2.45, 2.75) is 24.7 Å². The lowest BCUT2D eigenvalue weighted by atomic mass is 10.0. The SMILES string of the molecule is COc1ccc(NC(=O)CCC(=O)c2ccc(C)cc2)cc1NS(=O)(=O)c1ccc(F)cc1. The highest BCUT2D eigenvalue weighted by Crippen LogP contribution is 2.30. The van der Waals surface area contributed by atoms with Crippen LogP contribution in [0.25, 0.3) is 0 Å². The molecule has 0 fully saturated rings. The quantitative estimate of drug-likeness (QED) is 0.447. The van der Waals surface area contributed by atoms with Crippen LogP contribution in [0.4, 0.5) is 15.8 Å². The summed E-state index contributed by atoms with van der Waals surface area (Å²) in [5, 5.41) is 2.65. The zero-order valence-electron chi connectivity index (χ0n) is 18.1. The molecule has 0 aliphatic carbocycles. The minimum atomic E-state index is -4.02. The molecule has 0 atom stereocenters. The van der Waals surface area contributed by atoms with E-state index in [1.54, 1.807) is 18.2 Å². The first-order valence-corrected chi connectivity index (χ1v) is 11.5. The second-order valence-electron chi connectivity index (χ2n) is 7.31. The summed E-state index contributed by atoms with van der Waals surface area (Å²) in [4.78, 5) is 24.5. The highest BCUT2D eigenvalue weighted by molar-refractivity contribution is 7.92. The number of hydrogen-bond donors (Lipinski definition) is 2. The first-order chi connectivity index (χ1) is 15.7. The van der Waals surface area contributed by atoms with Crippen molar-refractivity contribution in [3.8, 4) is 5.75 Å². The fourth-order valence-electron chi connectivity index (χ4n) is 3.02. The Morgan fingerprint density at radius 3 is 2.24 bits per heavy atom. The van der Waals surface area contributed by atoms with E-state index in [1.165, 1.54) is 19.2 Å². The van der Waals surface area contributed by atoms with E-state index < -0.39 is 21.7 Å². The molecule has 33 heavy (non-hydrogen) atoms. The van der Waals surface area contributed by atoms with E-state index in [1.807, 2.05) is 19.1 Å². The molecule has 9 heteroatoms. The van der Waals surface area contributed by atoms with Crippen molar-refractivity contribution in [3.63, 3.8) is 0 Å². The molecular weight excluding hydrogens is 447 g/mol. The van der Waals surface area contributed by atoms with Crippen LogP contribution in [-0.4, -0.2) is 27.2 Å². The van der Waals surface area contributed by atoms with Crippen LogP contribution >= 0.6 is 0 Å². The molecule has 3 rings (SSSR count). The van der Waals surface area contributed by atoms with Crippen LogP contribution in [0.5, 0.6) is 5.75 Å². The van der Waals surface area contributed by atoms with E-state index in [2.05, 4.69) is 10.0 Å². The van der Waals surface area contributed by atoms with Gasteiger partial charge in [0.05, 0.1) is 17.7 Å². The Kier molecular flexibility index (Phi) is 7.44. The van der Waals surface area contributed by atoms with Gasteiger partial charge in [-0.1, -0.05) is 29.8 Å². The van der Waals surface area contributed by atoms with E-state index >= 15 is 0 Å². The fourth-order valence-corrected chi connectivity index (χ4v) is 4.08. The summed E-state index contributed by atoms with van der Waals surface area (Å²) in [6.07, 6.45) is 0.00445. The third-order valence-corrected chi connectivity index (χ3v) is 6.19. The predicted molar refractivity (Wildman–Crippen MR) is 124 cm³/mol. The molecule has 0 aliphatic rings. The lowest BCUT2D eigenvalue weighted by Gasteiger charge is -2.14. The van der Waals surface area contributed by atoms with Gasteiger partial charge in [-0.2, -0.15) is 0 Å². The first kappa shape index (κ1) is 23.9. The smallest absolute Gasteiger partial charge is 0.262 e. The molecule has 0 saturated heterocycles. The molecule has 3 aromatic carbocycles. The van der Waals surface area contributed by atoms with E-state index in [0.29, 0.717) is 11.3 Å². The number of methoxy groups -OCH3 is 1. The van der Waals surface area contributed by atoms with Gasteiger partial charge in [-0.3, -0.25) is 14.3 Å². The van der Waals surface area contributed by atoms with Crippen molar-refractivity contribution in [3.05, 3.63) is 83.7 Å². The minimum Gasteiger partial charge on any atom is -0.495 e. The van der Waals surface area contributed by atoms with Gasteiger partial charge in [-0.25, -0.2) is 12.8 Å². The first-order valence-electron chi connectivity index (χ1n) is 10.0. The molecule has 0 radical (unpaired) electrons. The summed E-state index contributed by atoms with van der Waals surface area (Å²) in [5.74, 6) is -0.870. The maximum atomic E-state index is 13.1. The second kappa shape index (κ2) is 10.3. The number of amides is 1. The Morgan fingerprint density at radius 1 is 0.939 bits per heavy atom. The maximum absolute atomic E-state index is 13.1. The average molecular weight is 471 g/mol. The summed E-state index contributed by atoms with van der Waals surface area (Å²) in [7, 11) is -2.64. The highest BCUT2D eigenvalue weighted by Gasteiger charge is 2.18. The third kappa shape index (κ3) is 6.39. The van der Waals surface area contributed by atoms with Gasteiger partial charge >= 0.3 is 0 Å². The van der Waals surface area contributed by atoms with Gasteiger partial charge in [0, 0.05) is 24.1 Å². The third-order valence-electron chi connectivity index (χ3n) is 4.80. The molecule has 3 aromatic rings. The van der Waals surface area contributed by atoms with Crippen molar-refractivity contribution < 1.29 is 27.1 Å². The van der Waals surface area contributed by atoms with E-state index in [-0.39, 0.29) is 35.0 Å². The van der Waals surface area contributed by atoms with Crippen LogP contribution in [0.15, 0.2) is 71.6 Å². The summed E-state index contributed by atoms with van der Waals surface area (Å²) >= 11 is 0. The number of ketones is 1. The van der Waals surface area contributed by atoms with Crippen LogP contribution in [-0.2, 0) is 14.8 Å². The standard InChI is InChI=1S/C24H23FN2O5S/c1-16-3-5-17(6-4-16)22(28)12-14-24(29)26-19-9-13-23(32-2)21(15-19)27-33(30,31)20-10-7-18(25)8-11-20/h3-11,13,15,27H,12,14H2,1-2H3,(H,26,29). The molecule has 1 amide bonds. The molecule has 172 valence electrons. The van der Waals surface area contributed by atoms with Gasteiger partial charge in [0.2, 0.25) is 5.91 Å². The van der Waals surface area contributed by atoms with Crippen molar-refractivity contribution in [2.24, 2.45) is 0 Å². The Hall–Kier alpha value is -3.72. The van der Waals surface area contributed by atoms with Gasteiger partial charge in [0.15, 0.2) is 5.78 Å². The van der Waals surface area contributed by atoms with Crippen LogP contribution in [0.3, 0.4) is 0 Å². The monoisotopic (exact) mass is 470 g/mol. The number of carbonyl (C=O) groups excluding carboxylic acids is 2. The van der Waals surface area contributed by atoms with Crippen LogP contribution in [0.2, 0.25) is 0 Å². The number of ether oxygens (including phenoxy) is 1. The number of rotatable bonds is 9. The molecule has 0 bridgehead atoms. The number of sulfonamides is 1. The van der Waals surface area contributed by atoms with Gasteiger partial charge in [-0.05, 0) is 49.4 Å². The van der Waals surface area contributed by atoms with Crippen molar-refractivity contribution >= 4 is 33.1 Å². The normalized spacial score (nSPS) is 11.0. The molecule has 7 nitrogen and oxygen atoms in total. The van der Waals surface area contributed by atoms with Crippen molar-refractivity contribution in [1.29, 1.82) is 0 Å². The van der Waals surface area contributed by atoms with E-state index in [4.69, 9.17) is 4.74 Å². The number of hydrogen-bond acceptors (Lipinski definition) is 5. The molecule has 0 aliphatic heterocycles. The van der Waals surface area contributed by atoms with Gasteiger partial charge in [-0.15, -0.1) is 0 Å². The largest absolute Gasteiger partial charge is 0.495 e. The van der Waals surface area contributed by atoms with Crippen molar-refractivity contribution in [1.82, 2.24) is 0 Å². The minimum absolute atomic E-state index is 0.0324. The number of anilines is 2.